The molecule has 1 fully saturated rings. The number of hydrogen-bond acceptors (Lipinski definition) is 4. The van der Waals surface area contributed by atoms with Crippen molar-refractivity contribution in [3.63, 3.8) is 0 Å². The SMILES string of the molecule is C[C@@H](NC(=O)CN1CCCN(CC(=O)NC(C)(C)C)CC1)c1ccc(Cl)cc1. The van der Waals surface area contributed by atoms with Gasteiger partial charge in [0.2, 0.25) is 11.8 Å². The van der Waals surface area contributed by atoms with Gasteiger partial charge in [0.25, 0.3) is 0 Å². The third-order valence-corrected chi connectivity index (χ3v) is 4.93. The molecular formula is C21H33ClN4O2. The summed E-state index contributed by atoms with van der Waals surface area (Å²) in [7, 11) is 0. The van der Waals surface area contributed by atoms with Crippen molar-refractivity contribution in [1.82, 2.24) is 20.4 Å². The van der Waals surface area contributed by atoms with Gasteiger partial charge in [-0.05, 0) is 64.9 Å². The molecule has 7 heteroatoms. The maximum Gasteiger partial charge on any atom is 0.234 e. The van der Waals surface area contributed by atoms with Crippen molar-refractivity contribution >= 4 is 23.4 Å². The van der Waals surface area contributed by atoms with Gasteiger partial charge in [-0.2, -0.15) is 0 Å². The maximum absolute atomic E-state index is 12.4. The Labute approximate surface area is 173 Å². The van der Waals surface area contributed by atoms with E-state index in [9.17, 15) is 9.59 Å². The second-order valence-corrected chi connectivity index (χ2v) is 8.98. The number of nitrogens with zero attached hydrogens (tertiary/aromatic N) is 2. The van der Waals surface area contributed by atoms with Crippen LogP contribution in [0.5, 0.6) is 0 Å². The van der Waals surface area contributed by atoms with Crippen molar-refractivity contribution in [2.45, 2.75) is 45.7 Å². The molecule has 0 aromatic heterocycles. The van der Waals surface area contributed by atoms with Crippen LogP contribution < -0.4 is 10.6 Å². The summed E-state index contributed by atoms with van der Waals surface area (Å²) in [6.07, 6.45) is 0.947. The highest BCUT2D eigenvalue weighted by Crippen LogP contribution is 2.16. The van der Waals surface area contributed by atoms with E-state index in [1.54, 1.807) is 0 Å². The Balaban J connectivity index is 1.76. The van der Waals surface area contributed by atoms with Crippen LogP contribution in [-0.4, -0.2) is 66.4 Å². The van der Waals surface area contributed by atoms with E-state index in [1.807, 2.05) is 52.0 Å². The molecule has 0 radical (unpaired) electrons. The fourth-order valence-electron chi connectivity index (χ4n) is 3.33. The van der Waals surface area contributed by atoms with Gasteiger partial charge in [-0.25, -0.2) is 0 Å². The fourth-order valence-corrected chi connectivity index (χ4v) is 3.45. The predicted molar refractivity (Wildman–Crippen MR) is 113 cm³/mol. The molecule has 156 valence electrons. The van der Waals surface area contributed by atoms with Gasteiger partial charge >= 0.3 is 0 Å². The number of nitrogens with one attached hydrogen (secondary N) is 2. The standard InChI is InChI=1S/C21H33ClN4O2/c1-16(17-6-8-18(22)9-7-17)23-19(27)14-25-10-5-11-26(13-12-25)15-20(28)24-21(2,3)4/h6-9,16H,5,10-15H2,1-4H3,(H,23,27)(H,24,28)/t16-/m1/s1. The summed E-state index contributed by atoms with van der Waals surface area (Å²) in [6, 6.07) is 7.46. The Hall–Kier alpha value is -1.63. The largest absolute Gasteiger partial charge is 0.350 e. The van der Waals surface area contributed by atoms with E-state index in [1.165, 1.54) is 0 Å². The molecule has 1 aromatic rings. The molecule has 28 heavy (non-hydrogen) atoms. The molecule has 0 bridgehead atoms. The summed E-state index contributed by atoms with van der Waals surface area (Å²) in [5, 5.41) is 6.74. The molecule has 1 saturated heterocycles. The predicted octanol–water partition coefficient (Wildman–Crippen LogP) is 2.44. The lowest BCUT2D eigenvalue weighted by molar-refractivity contribution is -0.124. The highest BCUT2D eigenvalue weighted by molar-refractivity contribution is 6.30. The van der Waals surface area contributed by atoms with E-state index in [0.717, 1.165) is 38.2 Å². The molecule has 2 N–H and O–H groups in total. The monoisotopic (exact) mass is 408 g/mol. The third kappa shape index (κ3) is 8.17. The first-order valence-corrected chi connectivity index (χ1v) is 10.3. The number of halogens is 1. The molecule has 1 aromatic carbocycles. The van der Waals surface area contributed by atoms with Crippen LogP contribution in [0.2, 0.25) is 5.02 Å². The summed E-state index contributed by atoms with van der Waals surface area (Å²) >= 11 is 5.92. The van der Waals surface area contributed by atoms with E-state index >= 15 is 0 Å². The zero-order valence-corrected chi connectivity index (χ0v) is 18.2. The number of amides is 2. The second kappa shape index (κ2) is 10.2. The summed E-state index contributed by atoms with van der Waals surface area (Å²) in [5.74, 6) is 0.0665. The second-order valence-electron chi connectivity index (χ2n) is 8.54. The van der Waals surface area contributed by atoms with Crippen LogP contribution in [0.15, 0.2) is 24.3 Å². The van der Waals surface area contributed by atoms with E-state index < -0.39 is 0 Å². The number of carbonyl (C=O) groups is 2. The number of hydrogen-bond donors (Lipinski definition) is 2. The third-order valence-electron chi connectivity index (χ3n) is 4.68. The summed E-state index contributed by atoms with van der Waals surface area (Å²) < 4.78 is 0. The Bertz CT molecular complexity index is 657. The molecule has 1 aliphatic rings. The molecule has 2 amide bonds. The van der Waals surface area contributed by atoms with Gasteiger partial charge < -0.3 is 10.6 Å². The Morgan fingerprint density at radius 2 is 1.54 bits per heavy atom. The molecule has 1 aliphatic heterocycles. The number of benzene rings is 1. The number of rotatable bonds is 6. The molecular weight excluding hydrogens is 376 g/mol. The lowest BCUT2D eigenvalue weighted by Crippen LogP contribution is -2.46. The molecule has 1 heterocycles. The van der Waals surface area contributed by atoms with Gasteiger partial charge in [0, 0.05) is 23.7 Å². The highest BCUT2D eigenvalue weighted by atomic mass is 35.5. The summed E-state index contributed by atoms with van der Waals surface area (Å²) in [6.45, 7) is 12.0. The van der Waals surface area contributed by atoms with E-state index in [2.05, 4.69) is 20.4 Å². The Kier molecular flexibility index (Phi) is 8.28. The van der Waals surface area contributed by atoms with Crippen molar-refractivity contribution in [2.24, 2.45) is 0 Å². The topological polar surface area (TPSA) is 64.7 Å². The maximum atomic E-state index is 12.4. The van der Waals surface area contributed by atoms with Crippen LogP contribution in [0.3, 0.4) is 0 Å². The van der Waals surface area contributed by atoms with Gasteiger partial charge in [0.05, 0.1) is 19.1 Å². The molecule has 0 unspecified atom stereocenters. The first-order valence-electron chi connectivity index (χ1n) is 9.93. The average molecular weight is 409 g/mol. The lowest BCUT2D eigenvalue weighted by atomic mass is 10.1. The average Bonchev–Trinajstić information content (AvgIpc) is 2.78. The summed E-state index contributed by atoms with van der Waals surface area (Å²) in [4.78, 5) is 28.9. The first kappa shape index (κ1) is 22.7. The van der Waals surface area contributed by atoms with Crippen LogP contribution in [0, 0.1) is 0 Å². The van der Waals surface area contributed by atoms with Gasteiger partial charge in [-0.1, -0.05) is 23.7 Å². The minimum Gasteiger partial charge on any atom is -0.350 e. The van der Waals surface area contributed by atoms with Gasteiger partial charge in [0.1, 0.15) is 0 Å². The molecule has 1 atom stereocenters. The van der Waals surface area contributed by atoms with E-state index in [-0.39, 0.29) is 23.4 Å². The van der Waals surface area contributed by atoms with Crippen molar-refractivity contribution in [3.8, 4) is 0 Å². The van der Waals surface area contributed by atoms with Crippen LogP contribution in [-0.2, 0) is 9.59 Å². The minimum atomic E-state index is -0.214. The Morgan fingerprint density at radius 3 is 2.07 bits per heavy atom. The van der Waals surface area contributed by atoms with Crippen LogP contribution >= 0.6 is 11.6 Å². The van der Waals surface area contributed by atoms with Crippen LogP contribution in [0.1, 0.15) is 45.7 Å². The summed E-state index contributed by atoms with van der Waals surface area (Å²) in [5.41, 5.74) is 0.818. The Morgan fingerprint density at radius 1 is 1.00 bits per heavy atom. The lowest BCUT2D eigenvalue weighted by Gasteiger charge is -2.25. The van der Waals surface area contributed by atoms with Gasteiger partial charge in [0.15, 0.2) is 0 Å². The zero-order valence-electron chi connectivity index (χ0n) is 17.4. The highest BCUT2D eigenvalue weighted by Gasteiger charge is 2.21. The first-order chi connectivity index (χ1) is 13.1. The van der Waals surface area contributed by atoms with E-state index in [0.29, 0.717) is 18.1 Å². The smallest absolute Gasteiger partial charge is 0.234 e. The normalized spacial score (nSPS) is 17.6. The van der Waals surface area contributed by atoms with Crippen molar-refractivity contribution in [1.29, 1.82) is 0 Å². The quantitative estimate of drug-likeness (QED) is 0.758. The molecule has 0 saturated carbocycles. The van der Waals surface area contributed by atoms with Crippen LogP contribution in [0.4, 0.5) is 0 Å². The van der Waals surface area contributed by atoms with E-state index in [4.69, 9.17) is 11.6 Å². The zero-order chi connectivity index (χ0) is 20.7. The van der Waals surface area contributed by atoms with Crippen molar-refractivity contribution in [3.05, 3.63) is 34.9 Å². The van der Waals surface area contributed by atoms with Crippen LogP contribution in [0.25, 0.3) is 0 Å². The molecule has 6 nitrogen and oxygen atoms in total. The fraction of sp³-hybridized carbons (Fsp3) is 0.619. The van der Waals surface area contributed by atoms with Crippen molar-refractivity contribution in [2.75, 3.05) is 39.3 Å². The number of carbonyl (C=O) groups excluding carboxylic acids is 2. The van der Waals surface area contributed by atoms with Crippen molar-refractivity contribution < 1.29 is 9.59 Å². The molecule has 2 rings (SSSR count). The minimum absolute atomic E-state index is 0.0152. The molecule has 0 aliphatic carbocycles. The molecule has 0 spiro atoms. The van der Waals surface area contributed by atoms with Gasteiger partial charge in [-0.3, -0.25) is 19.4 Å². The van der Waals surface area contributed by atoms with Gasteiger partial charge in [-0.15, -0.1) is 0 Å².